The first-order chi connectivity index (χ1) is 10.7. The molecule has 124 valence electrons. The highest BCUT2D eigenvalue weighted by Gasteiger charge is 2.05. The second kappa shape index (κ2) is 10.1. The normalized spacial score (nSPS) is 12.2. The minimum atomic E-state index is 0. The van der Waals surface area contributed by atoms with Gasteiger partial charge in [-0.1, -0.05) is 37.3 Å². The Hall–Kier alpha value is -1.76. The maximum atomic E-state index is 5.89. The predicted molar refractivity (Wildman–Crippen MR) is 108 cm³/mol. The first-order valence-corrected chi connectivity index (χ1v) is 7.45. The Morgan fingerprint density at radius 2 is 1.78 bits per heavy atom. The summed E-state index contributed by atoms with van der Waals surface area (Å²) in [6.45, 7) is 2.89. The fraction of sp³-hybridized carbons (Fsp3) is 0.278. The Bertz CT molecular complexity index is 599. The van der Waals surface area contributed by atoms with Gasteiger partial charge in [0.1, 0.15) is 5.75 Å². The smallest absolute Gasteiger partial charge is 0.193 e. The van der Waals surface area contributed by atoms with Gasteiger partial charge in [-0.2, -0.15) is 0 Å². The van der Waals surface area contributed by atoms with Crippen LogP contribution in [0.4, 0.5) is 5.69 Å². The fourth-order valence-corrected chi connectivity index (χ4v) is 2.19. The third-order valence-electron chi connectivity index (χ3n) is 3.58. The number of aliphatic imine (C=N–C) groups is 1. The van der Waals surface area contributed by atoms with Crippen molar-refractivity contribution in [2.75, 3.05) is 19.0 Å². The average molecular weight is 425 g/mol. The van der Waals surface area contributed by atoms with Crippen molar-refractivity contribution in [1.29, 1.82) is 0 Å². The third kappa shape index (κ3) is 6.48. The lowest BCUT2D eigenvalue weighted by Gasteiger charge is -2.11. The number of guanidine groups is 1. The number of benzene rings is 2. The molecule has 23 heavy (non-hydrogen) atoms. The highest BCUT2D eigenvalue weighted by molar-refractivity contribution is 14.0. The van der Waals surface area contributed by atoms with Gasteiger partial charge in [-0.3, -0.25) is 4.99 Å². The Balaban J connectivity index is 0.00000264. The fourth-order valence-electron chi connectivity index (χ4n) is 2.19. The van der Waals surface area contributed by atoms with Crippen LogP contribution < -0.4 is 15.8 Å². The van der Waals surface area contributed by atoms with Crippen LogP contribution in [-0.2, 0) is 0 Å². The first kappa shape index (κ1) is 19.3. The molecule has 0 aliphatic carbocycles. The summed E-state index contributed by atoms with van der Waals surface area (Å²) in [6.07, 6.45) is 0.948. The molecule has 0 bridgehead atoms. The summed E-state index contributed by atoms with van der Waals surface area (Å²) in [6, 6.07) is 18.0. The average Bonchev–Trinajstić information content (AvgIpc) is 2.55. The molecular formula is C18H24IN3O. The molecule has 2 aromatic carbocycles. The van der Waals surface area contributed by atoms with Gasteiger partial charge in [0.2, 0.25) is 0 Å². The number of halogens is 1. The van der Waals surface area contributed by atoms with Crippen LogP contribution in [0.15, 0.2) is 59.6 Å². The highest BCUT2D eigenvalue weighted by Crippen LogP contribution is 2.21. The van der Waals surface area contributed by atoms with E-state index in [0.29, 0.717) is 18.4 Å². The number of hydrogen-bond donors (Lipinski definition) is 2. The molecule has 1 unspecified atom stereocenters. The van der Waals surface area contributed by atoms with E-state index in [9.17, 15) is 0 Å². The van der Waals surface area contributed by atoms with Crippen LogP contribution in [0.3, 0.4) is 0 Å². The van der Waals surface area contributed by atoms with Crippen molar-refractivity contribution >= 4 is 35.6 Å². The third-order valence-corrected chi connectivity index (χ3v) is 3.58. The van der Waals surface area contributed by atoms with E-state index in [-0.39, 0.29) is 24.0 Å². The van der Waals surface area contributed by atoms with Crippen LogP contribution in [0.5, 0.6) is 5.75 Å². The van der Waals surface area contributed by atoms with Crippen molar-refractivity contribution in [2.24, 2.45) is 10.7 Å². The number of methoxy groups -OCH3 is 1. The molecule has 0 amide bonds. The molecular weight excluding hydrogens is 401 g/mol. The Labute approximate surface area is 155 Å². The van der Waals surface area contributed by atoms with Crippen LogP contribution in [0.1, 0.15) is 24.8 Å². The Kier molecular flexibility index (Phi) is 8.47. The van der Waals surface area contributed by atoms with Gasteiger partial charge in [0.25, 0.3) is 0 Å². The number of anilines is 1. The van der Waals surface area contributed by atoms with Crippen molar-refractivity contribution in [2.45, 2.75) is 19.3 Å². The van der Waals surface area contributed by atoms with E-state index in [1.807, 2.05) is 42.5 Å². The SMILES string of the molecule is COc1ccc(C(C)CCN=C(N)Nc2ccccc2)cc1.I. The molecule has 5 heteroatoms. The lowest BCUT2D eigenvalue weighted by atomic mass is 9.98. The van der Waals surface area contributed by atoms with Gasteiger partial charge < -0.3 is 15.8 Å². The zero-order chi connectivity index (χ0) is 15.8. The number of hydrogen-bond acceptors (Lipinski definition) is 2. The second-order valence-electron chi connectivity index (χ2n) is 5.22. The summed E-state index contributed by atoms with van der Waals surface area (Å²) in [7, 11) is 1.68. The molecule has 0 fully saturated rings. The highest BCUT2D eigenvalue weighted by atomic mass is 127. The van der Waals surface area contributed by atoms with Gasteiger partial charge in [0.15, 0.2) is 5.96 Å². The predicted octanol–water partition coefficient (Wildman–Crippen LogP) is 4.23. The van der Waals surface area contributed by atoms with Crippen molar-refractivity contribution in [3.05, 3.63) is 60.2 Å². The van der Waals surface area contributed by atoms with Crippen LogP contribution in [0.2, 0.25) is 0 Å². The maximum Gasteiger partial charge on any atom is 0.193 e. The second-order valence-corrected chi connectivity index (χ2v) is 5.22. The number of nitrogens with zero attached hydrogens (tertiary/aromatic N) is 1. The van der Waals surface area contributed by atoms with Crippen molar-refractivity contribution in [1.82, 2.24) is 0 Å². The minimum Gasteiger partial charge on any atom is -0.497 e. The van der Waals surface area contributed by atoms with E-state index in [1.165, 1.54) is 5.56 Å². The number of para-hydroxylation sites is 1. The van der Waals surface area contributed by atoms with Gasteiger partial charge in [0, 0.05) is 12.2 Å². The summed E-state index contributed by atoms with van der Waals surface area (Å²) >= 11 is 0. The van der Waals surface area contributed by atoms with E-state index in [4.69, 9.17) is 10.5 Å². The number of rotatable bonds is 6. The molecule has 0 radical (unpaired) electrons. The zero-order valence-corrected chi connectivity index (χ0v) is 15.9. The van der Waals surface area contributed by atoms with Crippen molar-refractivity contribution in [3.8, 4) is 5.75 Å². The van der Waals surface area contributed by atoms with Crippen LogP contribution in [0, 0.1) is 0 Å². The van der Waals surface area contributed by atoms with Crippen molar-refractivity contribution in [3.63, 3.8) is 0 Å². The molecule has 2 aromatic rings. The number of ether oxygens (including phenoxy) is 1. The van der Waals surface area contributed by atoms with Gasteiger partial charge >= 0.3 is 0 Å². The van der Waals surface area contributed by atoms with Gasteiger partial charge in [-0.15, -0.1) is 24.0 Å². The molecule has 1 atom stereocenters. The van der Waals surface area contributed by atoms with Gasteiger partial charge in [0.05, 0.1) is 7.11 Å². The molecule has 2 rings (SSSR count). The summed E-state index contributed by atoms with van der Waals surface area (Å²) in [5.41, 5.74) is 8.12. The number of nitrogens with two attached hydrogens (primary N) is 1. The molecule has 0 aliphatic heterocycles. The summed E-state index contributed by atoms with van der Waals surface area (Å²) in [4.78, 5) is 4.38. The molecule has 0 saturated heterocycles. The van der Waals surface area contributed by atoms with E-state index in [1.54, 1.807) is 7.11 Å². The molecule has 0 aliphatic rings. The van der Waals surface area contributed by atoms with Crippen LogP contribution >= 0.6 is 24.0 Å². The maximum absolute atomic E-state index is 5.89. The van der Waals surface area contributed by atoms with E-state index in [0.717, 1.165) is 17.9 Å². The first-order valence-electron chi connectivity index (χ1n) is 7.45. The quantitative estimate of drug-likeness (QED) is 0.414. The zero-order valence-electron chi connectivity index (χ0n) is 13.5. The standard InChI is InChI=1S/C18H23N3O.HI/c1-14(15-8-10-17(22-2)11-9-15)12-13-20-18(19)21-16-6-4-3-5-7-16;/h3-11,14H,12-13H2,1-2H3,(H3,19,20,21);1H. The Morgan fingerprint density at radius 3 is 2.39 bits per heavy atom. The molecule has 0 aromatic heterocycles. The molecule has 3 N–H and O–H groups in total. The summed E-state index contributed by atoms with van der Waals surface area (Å²) in [5.74, 6) is 1.76. The molecule has 0 spiro atoms. The van der Waals surface area contributed by atoms with E-state index >= 15 is 0 Å². The molecule has 4 nitrogen and oxygen atoms in total. The van der Waals surface area contributed by atoms with E-state index in [2.05, 4.69) is 29.4 Å². The summed E-state index contributed by atoms with van der Waals surface area (Å²) < 4.78 is 5.17. The van der Waals surface area contributed by atoms with Crippen molar-refractivity contribution < 1.29 is 4.74 Å². The van der Waals surface area contributed by atoms with E-state index < -0.39 is 0 Å². The lowest BCUT2D eigenvalue weighted by molar-refractivity contribution is 0.414. The monoisotopic (exact) mass is 425 g/mol. The molecule has 0 heterocycles. The summed E-state index contributed by atoms with van der Waals surface area (Å²) in [5, 5.41) is 3.08. The van der Waals surface area contributed by atoms with Gasteiger partial charge in [-0.05, 0) is 42.2 Å². The van der Waals surface area contributed by atoms with Crippen LogP contribution in [0.25, 0.3) is 0 Å². The largest absolute Gasteiger partial charge is 0.497 e. The van der Waals surface area contributed by atoms with Gasteiger partial charge in [-0.25, -0.2) is 0 Å². The number of nitrogens with one attached hydrogen (secondary N) is 1. The topological polar surface area (TPSA) is 59.6 Å². The lowest BCUT2D eigenvalue weighted by Crippen LogP contribution is -2.22. The minimum absolute atomic E-state index is 0. The molecule has 0 saturated carbocycles. The van der Waals surface area contributed by atoms with Crippen LogP contribution in [-0.4, -0.2) is 19.6 Å². The Morgan fingerprint density at radius 1 is 1.13 bits per heavy atom.